The van der Waals surface area contributed by atoms with E-state index in [9.17, 15) is 9.59 Å². The monoisotopic (exact) mass is 290 g/mol. The molecular weight excluding hydrogens is 264 g/mol. The van der Waals surface area contributed by atoms with Gasteiger partial charge in [-0.1, -0.05) is 13.8 Å². The highest BCUT2D eigenvalue weighted by Gasteiger charge is 2.26. The summed E-state index contributed by atoms with van der Waals surface area (Å²) in [5, 5.41) is 0. The van der Waals surface area contributed by atoms with Crippen LogP contribution in [0.2, 0.25) is 0 Å². The molecule has 0 spiro atoms. The van der Waals surface area contributed by atoms with Crippen LogP contribution >= 0.6 is 0 Å². The summed E-state index contributed by atoms with van der Waals surface area (Å²) in [6, 6.07) is 0. The molecule has 0 aromatic heterocycles. The lowest BCUT2D eigenvalue weighted by Gasteiger charge is -2.17. The zero-order chi connectivity index (χ0) is 15.5. The number of rotatable bonds is 10. The number of carbonyl (C=O) groups excluding carboxylic acids is 2. The van der Waals surface area contributed by atoms with Gasteiger partial charge in [0.15, 0.2) is 5.92 Å². The number of methoxy groups -OCH3 is 2. The van der Waals surface area contributed by atoms with Crippen LogP contribution in [0.3, 0.4) is 0 Å². The molecule has 6 nitrogen and oxygen atoms in total. The molecule has 0 aliphatic carbocycles. The van der Waals surface area contributed by atoms with Crippen molar-refractivity contribution >= 4 is 11.9 Å². The summed E-state index contributed by atoms with van der Waals surface area (Å²) >= 11 is 0. The minimum Gasteiger partial charge on any atom is -0.462 e. The van der Waals surface area contributed by atoms with E-state index in [1.165, 1.54) is 6.92 Å². The van der Waals surface area contributed by atoms with Crippen molar-refractivity contribution in [3.05, 3.63) is 0 Å². The number of hydrogen-bond donors (Lipinski definition) is 0. The molecule has 0 amide bonds. The molecule has 0 aromatic carbocycles. The minimum absolute atomic E-state index is 0.138. The van der Waals surface area contributed by atoms with Gasteiger partial charge in [0.05, 0.1) is 12.2 Å². The van der Waals surface area contributed by atoms with Crippen molar-refractivity contribution < 1.29 is 28.5 Å². The van der Waals surface area contributed by atoms with Gasteiger partial charge in [-0.05, 0) is 19.8 Å². The van der Waals surface area contributed by atoms with E-state index < -0.39 is 17.9 Å². The molecule has 20 heavy (non-hydrogen) atoms. The summed E-state index contributed by atoms with van der Waals surface area (Å²) in [5.41, 5.74) is 0. The van der Waals surface area contributed by atoms with Crippen LogP contribution in [-0.2, 0) is 28.5 Å². The Kier molecular flexibility index (Phi) is 10.0. The number of esters is 2. The molecule has 2 unspecified atom stereocenters. The number of hydrogen-bond acceptors (Lipinski definition) is 6. The molecule has 6 heteroatoms. The first-order valence-corrected chi connectivity index (χ1v) is 6.88. The van der Waals surface area contributed by atoms with E-state index in [-0.39, 0.29) is 25.4 Å². The van der Waals surface area contributed by atoms with Crippen LogP contribution in [0.25, 0.3) is 0 Å². The quantitative estimate of drug-likeness (QED) is 0.449. The second-order valence-electron chi connectivity index (χ2n) is 4.51. The van der Waals surface area contributed by atoms with Crippen molar-refractivity contribution in [1.82, 2.24) is 0 Å². The normalized spacial score (nSPS) is 15.2. The molecular formula is C14H26O6. The fourth-order valence-corrected chi connectivity index (χ4v) is 1.40. The van der Waals surface area contributed by atoms with E-state index in [1.54, 1.807) is 14.2 Å². The second-order valence-corrected chi connectivity index (χ2v) is 4.51. The summed E-state index contributed by atoms with van der Waals surface area (Å²) in [5.74, 6) is -2.15. The van der Waals surface area contributed by atoms with E-state index in [0.29, 0.717) is 0 Å². The molecule has 0 heterocycles. The Balaban J connectivity index is 4.12. The van der Waals surface area contributed by atoms with Crippen molar-refractivity contribution in [3.8, 4) is 0 Å². The molecule has 118 valence electrons. The third-order valence-corrected chi connectivity index (χ3v) is 3.11. The highest BCUT2D eigenvalue weighted by Crippen LogP contribution is 2.06. The average Bonchev–Trinajstić information content (AvgIpc) is 2.47. The van der Waals surface area contributed by atoms with Crippen LogP contribution in [0.15, 0.2) is 0 Å². The molecule has 0 saturated heterocycles. The maximum atomic E-state index is 11.7. The van der Waals surface area contributed by atoms with E-state index >= 15 is 0 Å². The zero-order valence-corrected chi connectivity index (χ0v) is 13.0. The third-order valence-electron chi connectivity index (χ3n) is 3.11. The summed E-state index contributed by atoms with van der Waals surface area (Å²) in [6.07, 6.45) is 1.16. The van der Waals surface area contributed by atoms with E-state index in [4.69, 9.17) is 18.9 Å². The van der Waals surface area contributed by atoms with Gasteiger partial charge < -0.3 is 18.9 Å². The first kappa shape index (κ1) is 18.9. The standard InChI is InChI=1S/C14H26O6/c1-6-11(17-4)8-19-13(15)10(3)14(16)20-9-12(7-2)18-5/h10-12H,6-9H2,1-5H3. The molecule has 0 bridgehead atoms. The van der Waals surface area contributed by atoms with Crippen molar-refractivity contribution in [3.63, 3.8) is 0 Å². The van der Waals surface area contributed by atoms with Crippen molar-refractivity contribution in [2.24, 2.45) is 5.92 Å². The first-order valence-electron chi connectivity index (χ1n) is 6.88. The van der Waals surface area contributed by atoms with Gasteiger partial charge in [-0.25, -0.2) is 0 Å². The fourth-order valence-electron chi connectivity index (χ4n) is 1.40. The van der Waals surface area contributed by atoms with Gasteiger partial charge in [-0.3, -0.25) is 9.59 Å². The fraction of sp³-hybridized carbons (Fsp3) is 0.857. The van der Waals surface area contributed by atoms with Crippen molar-refractivity contribution in [2.75, 3.05) is 27.4 Å². The van der Waals surface area contributed by atoms with Gasteiger partial charge in [0, 0.05) is 14.2 Å². The molecule has 0 aliphatic rings. The predicted octanol–water partition coefficient (Wildman–Crippen LogP) is 1.56. The lowest BCUT2D eigenvalue weighted by atomic mass is 10.2. The summed E-state index contributed by atoms with van der Waals surface area (Å²) in [4.78, 5) is 23.4. The smallest absolute Gasteiger partial charge is 0.320 e. The molecule has 0 rings (SSSR count). The Hall–Kier alpha value is -1.14. The zero-order valence-electron chi connectivity index (χ0n) is 13.0. The van der Waals surface area contributed by atoms with Gasteiger partial charge >= 0.3 is 11.9 Å². The Morgan fingerprint density at radius 1 is 0.850 bits per heavy atom. The van der Waals surface area contributed by atoms with Crippen LogP contribution in [0.4, 0.5) is 0 Å². The Bertz CT molecular complexity index is 255. The Morgan fingerprint density at radius 3 is 1.45 bits per heavy atom. The highest BCUT2D eigenvalue weighted by atomic mass is 16.6. The number of carbonyl (C=O) groups is 2. The van der Waals surface area contributed by atoms with Crippen LogP contribution in [0.5, 0.6) is 0 Å². The maximum Gasteiger partial charge on any atom is 0.320 e. The van der Waals surface area contributed by atoms with Gasteiger partial charge in [-0.2, -0.15) is 0 Å². The lowest BCUT2D eigenvalue weighted by Crippen LogP contribution is -2.30. The second kappa shape index (κ2) is 10.6. The molecule has 2 atom stereocenters. The van der Waals surface area contributed by atoms with Gasteiger partial charge in [0.1, 0.15) is 13.2 Å². The van der Waals surface area contributed by atoms with Gasteiger partial charge in [-0.15, -0.1) is 0 Å². The molecule has 0 aromatic rings. The predicted molar refractivity (Wildman–Crippen MR) is 73.3 cm³/mol. The third kappa shape index (κ3) is 6.86. The van der Waals surface area contributed by atoms with Crippen LogP contribution < -0.4 is 0 Å². The summed E-state index contributed by atoms with van der Waals surface area (Å²) in [7, 11) is 3.10. The first-order chi connectivity index (χ1) is 9.49. The van der Waals surface area contributed by atoms with Gasteiger partial charge in [0.25, 0.3) is 0 Å². The van der Waals surface area contributed by atoms with Crippen LogP contribution in [0.1, 0.15) is 33.6 Å². The Labute approximate surface area is 120 Å². The number of ether oxygens (including phenoxy) is 4. The van der Waals surface area contributed by atoms with E-state index in [1.807, 2.05) is 13.8 Å². The summed E-state index contributed by atoms with van der Waals surface area (Å²) < 4.78 is 20.2. The SMILES string of the molecule is CCC(COC(=O)C(C)C(=O)OCC(CC)OC)OC. The lowest BCUT2D eigenvalue weighted by molar-refractivity contribution is -0.165. The molecule has 0 radical (unpaired) electrons. The summed E-state index contributed by atoms with van der Waals surface area (Å²) in [6.45, 7) is 5.59. The topological polar surface area (TPSA) is 71.1 Å². The molecule has 0 aliphatic heterocycles. The van der Waals surface area contributed by atoms with Gasteiger partial charge in [0.2, 0.25) is 0 Å². The largest absolute Gasteiger partial charge is 0.462 e. The Morgan fingerprint density at radius 2 is 1.20 bits per heavy atom. The molecule has 0 fully saturated rings. The van der Waals surface area contributed by atoms with Crippen LogP contribution in [0, 0.1) is 5.92 Å². The minimum atomic E-state index is -0.946. The highest BCUT2D eigenvalue weighted by molar-refractivity contribution is 5.94. The van der Waals surface area contributed by atoms with Crippen molar-refractivity contribution in [2.45, 2.75) is 45.8 Å². The average molecular weight is 290 g/mol. The molecule has 0 N–H and O–H groups in total. The maximum absolute atomic E-state index is 11.7. The molecule has 0 saturated carbocycles. The van der Waals surface area contributed by atoms with Crippen molar-refractivity contribution in [1.29, 1.82) is 0 Å². The van der Waals surface area contributed by atoms with E-state index in [2.05, 4.69) is 0 Å². The van der Waals surface area contributed by atoms with E-state index in [0.717, 1.165) is 12.8 Å². The van der Waals surface area contributed by atoms with Crippen LogP contribution in [-0.4, -0.2) is 51.6 Å².